The van der Waals surface area contributed by atoms with Crippen molar-refractivity contribution in [2.75, 3.05) is 18.5 Å². The van der Waals surface area contributed by atoms with E-state index in [4.69, 9.17) is 14.2 Å². The molecule has 0 bridgehead atoms. The van der Waals surface area contributed by atoms with E-state index in [1.165, 1.54) is 30.3 Å². The third-order valence-corrected chi connectivity index (χ3v) is 5.01. The Morgan fingerprint density at radius 2 is 1.93 bits per heavy atom. The van der Waals surface area contributed by atoms with E-state index in [2.05, 4.69) is 15.5 Å². The van der Waals surface area contributed by atoms with Crippen LogP contribution in [0.2, 0.25) is 0 Å². The highest BCUT2D eigenvalue weighted by Crippen LogP contribution is 2.26. The molecule has 148 valence electrons. The van der Waals surface area contributed by atoms with Gasteiger partial charge in [0.25, 0.3) is 0 Å². The number of anilines is 1. The first-order valence-electron chi connectivity index (χ1n) is 8.66. The SMILES string of the molecule is Cc1cc(OCCNc2ccnnc2)cc(OS(=O)(=O)c2cccc(C#N)c2)c1. The van der Waals surface area contributed by atoms with Crippen LogP contribution in [0.1, 0.15) is 11.1 Å². The van der Waals surface area contributed by atoms with Gasteiger partial charge >= 0.3 is 10.1 Å². The van der Waals surface area contributed by atoms with Gasteiger partial charge in [-0.05, 0) is 48.9 Å². The summed E-state index contributed by atoms with van der Waals surface area (Å²) in [5, 5.41) is 19.6. The number of aryl methyl sites for hydroxylation is 1. The number of hydrogen-bond donors (Lipinski definition) is 1. The Morgan fingerprint density at radius 1 is 1.10 bits per heavy atom. The largest absolute Gasteiger partial charge is 0.492 e. The topological polar surface area (TPSA) is 114 Å². The molecule has 1 N–H and O–H groups in total. The molecule has 2 aromatic carbocycles. The van der Waals surface area contributed by atoms with Gasteiger partial charge in [-0.2, -0.15) is 23.9 Å². The second kappa shape index (κ2) is 9.03. The van der Waals surface area contributed by atoms with Crippen LogP contribution in [-0.2, 0) is 10.1 Å². The van der Waals surface area contributed by atoms with Gasteiger partial charge in [0, 0.05) is 12.6 Å². The van der Waals surface area contributed by atoms with Crippen molar-refractivity contribution in [1.82, 2.24) is 10.2 Å². The van der Waals surface area contributed by atoms with Gasteiger partial charge in [-0.15, -0.1) is 0 Å². The van der Waals surface area contributed by atoms with Crippen molar-refractivity contribution in [2.45, 2.75) is 11.8 Å². The highest BCUT2D eigenvalue weighted by Gasteiger charge is 2.18. The highest BCUT2D eigenvalue weighted by molar-refractivity contribution is 7.87. The molecule has 0 unspecified atom stereocenters. The van der Waals surface area contributed by atoms with Crippen LogP contribution in [0.15, 0.2) is 65.8 Å². The molecule has 0 saturated carbocycles. The first kappa shape index (κ1) is 20.1. The van der Waals surface area contributed by atoms with E-state index in [0.717, 1.165) is 11.3 Å². The number of aromatic nitrogens is 2. The Kier molecular flexibility index (Phi) is 6.26. The summed E-state index contributed by atoms with van der Waals surface area (Å²) in [6.07, 6.45) is 3.19. The lowest BCUT2D eigenvalue weighted by molar-refractivity contribution is 0.331. The summed E-state index contributed by atoms with van der Waals surface area (Å²) in [5.41, 5.74) is 1.84. The molecule has 29 heavy (non-hydrogen) atoms. The Balaban J connectivity index is 1.66. The molecule has 0 aliphatic heterocycles. The minimum absolute atomic E-state index is 0.0873. The number of nitrogens with zero attached hydrogens (tertiary/aromatic N) is 3. The van der Waals surface area contributed by atoms with Crippen LogP contribution >= 0.6 is 0 Å². The number of ether oxygens (including phenoxy) is 1. The number of nitriles is 1. The first-order chi connectivity index (χ1) is 14.0. The number of rotatable bonds is 8. The Labute approximate surface area is 168 Å². The van der Waals surface area contributed by atoms with E-state index in [0.29, 0.717) is 18.9 Å². The van der Waals surface area contributed by atoms with E-state index in [-0.39, 0.29) is 16.2 Å². The smallest absolute Gasteiger partial charge is 0.339 e. The molecule has 3 rings (SSSR count). The van der Waals surface area contributed by atoms with Crippen molar-refractivity contribution in [1.29, 1.82) is 5.26 Å². The summed E-state index contributed by atoms with van der Waals surface area (Å²) >= 11 is 0. The lowest BCUT2D eigenvalue weighted by atomic mass is 10.2. The molecular weight excluding hydrogens is 392 g/mol. The monoisotopic (exact) mass is 410 g/mol. The molecule has 8 nitrogen and oxygen atoms in total. The summed E-state index contributed by atoms with van der Waals surface area (Å²) in [6.45, 7) is 2.68. The number of hydrogen-bond acceptors (Lipinski definition) is 8. The van der Waals surface area contributed by atoms with Crippen molar-refractivity contribution in [3.8, 4) is 17.6 Å². The van der Waals surface area contributed by atoms with E-state index in [9.17, 15) is 8.42 Å². The second-order valence-electron chi connectivity index (χ2n) is 6.07. The maximum atomic E-state index is 12.5. The van der Waals surface area contributed by atoms with Crippen LogP contribution in [0, 0.1) is 18.3 Å². The lowest BCUT2D eigenvalue weighted by Crippen LogP contribution is -2.12. The Hall–Kier alpha value is -3.64. The predicted octanol–water partition coefficient (Wildman–Crippen LogP) is 2.92. The van der Waals surface area contributed by atoms with E-state index >= 15 is 0 Å². The van der Waals surface area contributed by atoms with Gasteiger partial charge in [0.05, 0.1) is 29.7 Å². The zero-order valence-corrected chi connectivity index (χ0v) is 16.4. The average molecular weight is 410 g/mol. The number of benzene rings is 2. The van der Waals surface area contributed by atoms with E-state index in [1.54, 1.807) is 30.6 Å². The fourth-order valence-corrected chi connectivity index (χ4v) is 3.46. The van der Waals surface area contributed by atoms with Gasteiger partial charge in [-0.3, -0.25) is 0 Å². The third-order valence-electron chi connectivity index (χ3n) is 3.77. The summed E-state index contributed by atoms with van der Waals surface area (Å²) in [6, 6.07) is 14.2. The quantitative estimate of drug-likeness (QED) is 0.445. The zero-order valence-electron chi connectivity index (χ0n) is 15.6. The van der Waals surface area contributed by atoms with Crippen molar-refractivity contribution in [2.24, 2.45) is 0 Å². The molecule has 0 aliphatic carbocycles. The summed E-state index contributed by atoms with van der Waals surface area (Å²) in [4.78, 5) is -0.0873. The molecule has 0 amide bonds. The molecule has 0 spiro atoms. The van der Waals surface area contributed by atoms with Crippen molar-refractivity contribution in [3.05, 3.63) is 72.1 Å². The molecule has 0 radical (unpaired) electrons. The molecule has 0 saturated heterocycles. The first-order valence-corrected chi connectivity index (χ1v) is 10.1. The standard InChI is InChI=1S/C20H18N4O4S/c1-15-9-18(27-8-7-22-17-5-6-23-24-14-17)12-19(10-15)28-29(25,26)20-4-2-3-16(11-20)13-21/h2-6,9-12,14H,7-8H2,1H3,(H,22,23). The van der Waals surface area contributed by atoms with Crippen molar-refractivity contribution in [3.63, 3.8) is 0 Å². The summed E-state index contributed by atoms with van der Waals surface area (Å²) in [7, 11) is -4.07. The van der Waals surface area contributed by atoms with Gasteiger partial charge < -0.3 is 14.2 Å². The predicted molar refractivity (Wildman–Crippen MR) is 106 cm³/mol. The molecule has 9 heteroatoms. The molecule has 0 aliphatic rings. The van der Waals surface area contributed by atoms with Gasteiger partial charge in [0.1, 0.15) is 23.0 Å². The molecular formula is C20H18N4O4S. The highest BCUT2D eigenvalue weighted by atomic mass is 32.2. The van der Waals surface area contributed by atoms with Crippen LogP contribution in [-0.4, -0.2) is 31.8 Å². The van der Waals surface area contributed by atoms with Crippen molar-refractivity contribution < 1.29 is 17.3 Å². The molecule has 1 aromatic heterocycles. The summed E-state index contributed by atoms with van der Waals surface area (Å²) < 4.78 is 36.0. The zero-order chi connectivity index (χ0) is 20.7. The van der Waals surface area contributed by atoms with Gasteiger partial charge in [-0.1, -0.05) is 6.07 Å². The maximum Gasteiger partial charge on any atom is 0.339 e. The number of nitrogens with one attached hydrogen (secondary N) is 1. The van der Waals surface area contributed by atoms with Crippen LogP contribution in [0.3, 0.4) is 0 Å². The lowest BCUT2D eigenvalue weighted by Gasteiger charge is -2.12. The van der Waals surface area contributed by atoms with E-state index in [1.807, 2.05) is 13.0 Å². The fourth-order valence-electron chi connectivity index (χ4n) is 2.50. The summed E-state index contributed by atoms with van der Waals surface area (Å²) in [5.74, 6) is 0.615. The normalized spacial score (nSPS) is 10.8. The van der Waals surface area contributed by atoms with Gasteiger partial charge in [-0.25, -0.2) is 0 Å². The Morgan fingerprint density at radius 3 is 2.69 bits per heavy atom. The van der Waals surface area contributed by atoms with Crippen LogP contribution in [0.4, 0.5) is 5.69 Å². The fraction of sp³-hybridized carbons (Fsp3) is 0.150. The van der Waals surface area contributed by atoms with Gasteiger partial charge in [0.15, 0.2) is 0 Å². The molecule has 0 fully saturated rings. The van der Waals surface area contributed by atoms with Crippen LogP contribution < -0.4 is 14.2 Å². The van der Waals surface area contributed by atoms with E-state index < -0.39 is 10.1 Å². The molecule has 0 atom stereocenters. The maximum absolute atomic E-state index is 12.5. The Bertz CT molecular complexity index is 1130. The van der Waals surface area contributed by atoms with Crippen molar-refractivity contribution >= 4 is 15.8 Å². The van der Waals surface area contributed by atoms with Gasteiger partial charge in [0.2, 0.25) is 0 Å². The average Bonchev–Trinajstić information content (AvgIpc) is 2.71. The minimum Gasteiger partial charge on any atom is -0.492 e. The molecule has 3 aromatic rings. The third kappa shape index (κ3) is 5.67. The molecule has 1 heterocycles. The van der Waals surface area contributed by atoms with Crippen LogP contribution in [0.25, 0.3) is 0 Å². The minimum atomic E-state index is -4.07. The van der Waals surface area contributed by atoms with Crippen LogP contribution in [0.5, 0.6) is 11.5 Å². The second-order valence-corrected chi connectivity index (χ2v) is 7.61.